The summed E-state index contributed by atoms with van der Waals surface area (Å²) in [6.45, 7) is 1.49. The third-order valence-electron chi connectivity index (χ3n) is 2.82. The first-order chi connectivity index (χ1) is 9.70. The smallest absolute Gasteiger partial charge is 0.406 e. The number of alkyl halides is 3. The summed E-state index contributed by atoms with van der Waals surface area (Å²) in [5.41, 5.74) is 0.401. The van der Waals surface area contributed by atoms with Crippen molar-refractivity contribution in [3.63, 3.8) is 0 Å². The lowest BCUT2D eigenvalue weighted by Crippen LogP contribution is -2.17. The second-order valence-electron chi connectivity index (χ2n) is 4.24. The molecular weight excluding hydrogens is 325 g/mol. The van der Waals surface area contributed by atoms with Gasteiger partial charge in [0.15, 0.2) is 9.84 Å². The molecule has 0 radical (unpaired) electrons. The highest BCUT2D eigenvalue weighted by atomic mass is 32.2. The van der Waals surface area contributed by atoms with Crippen molar-refractivity contribution in [2.45, 2.75) is 22.7 Å². The van der Waals surface area contributed by atoms with Crippen molar-refractivity contribution in [3.8, 4) is 5.75 Å². The van der Waals surface area contributed by atoms with Crippen molar-refractivity contribution in [2.24, 2.45) is 0 Å². The molecule has 0 spiro atoms. The summed E-state index contributed by atoms with van der Waals surface area (Å²) in [5, 5.41) is 0.802. The van der Waals surface area contributed by atoms with Crippen molar-refractivity contribution in [3.05, 3.63) is 47.3 Å². The molecule has 1 aromatic carbocycles. The average molecular weight is 336 g/mol. The number of benzene rings is 1. The molecule has 21 heavy (non-hydrogen) atoms. The Balaban J connectivity index is 2.23. The Hall–Kier alpha value is -1.54. The molecule has 0 saturated carbocycles. The van der Waals surface area contributed by atoms with Crippen LogP contribution in [0.4, 0.5) is 13.2 Å². The molecule has 1 heterocycles. The molecule has 1 atom stereocenters. The molecule has 0 aliphatic carbocycles. The maximum Gasteiger partial charge on any atom is 0.573 e. The SMILES string of the molecule is C[C@@H](c1ccc(OC(F)(F)F)cc1)S(=O)(=O)c1cccs1. The fourth-order valence-electron chi connectivity index (χ4n) is 1.72. The van der Waals surface area contributed by atoms with Crippen LogP contribution in [0.1, 0.15) is 17.7 Å². The van der Waals surface area contributed by atoms with E-state index in [0.29, 0.717) is 5.56 Å². The molecule has 0 aliphatic rings. The Bertz CT molecular complexity index is 689. The Morgan fingerprint density at radius 3 is 2.24 bits per heavy atom. The largest absolute Gasteiger partial charge is 0.573 e. The zero-order valence-electron chi connectivity index (χ0n) is 10.8. The zero-order valence-corrected chi connectivity index (χ0v) is 12.4. The normalized spacial score (nSPS) is 13.9. The van der Waals surface area contributed by atoms with Gasteiger partial charge in [-0.15, -0.1) is 24.5 Å². The van der Waals surface area contributed by atoms with Gasteiger partial charge in [-0.1, -0.05) is 18.2 Å². The van der Waals surface area contributed by atoms with Crippen LogP contribution in [0, 0.1) is 0 Å². The molecule has 0 saturated heterocycles. The van der Waals surface area contributed by atoms with Gasteiger partial charge in [-0.25, -0.2) is 8.42 Å². The first-order valence-electron chi connectivity index (χ1n) is 5.83. The minimum absolute atomic E-state index is 0.227. The van der Waals surface area contributed by atoms with Crippen LogP contribution in [0.5, 0.6) is 5.75 Å². The van der Waals surface area contributed by atoms with Crippen LogP contribution in [-0.4, -0.2) is 14.8 Å². The highest BCUT2D eigenvalue weighted by molar-refractivity contribution is 7.93. The predicted octanol–water partition coefficient (Wildman–Crippen LogP) is 4.18. The molecule has 0 fully saturated rings. The molecule has 0 aliphatic heterocycles. The van der Waals surface area contributed by atoms with Crippen molar-refractivity contribution in [1.29, 1.82) is 0 Å². The van der Waals surface area contributed by atoms with Crippen LogP contribution >= 0.6 is 11.3 Å². The van der Waals surface area contributed by atoms with Gasteiger partial charge in [0, 0.05) is 0 Å². The lowest BCUT2D eigenvalue weighted by molar-refractivity contribution is -0.274. The molecule has 0 N–H and O–H groups in total. The maximum atomic E-state index is 12.3. The predicted molar refractivity (Wildman–Crippen MR) is 73.0 cm³/mol. The van der Waals surface area contributed by atoms with Crippen LogP contribution in [0.2, 0.25) is 0 Å². The van der Waals surface area contributed by atoms with Gasteiger partial charge in [0.05, 0.1) is 5.25 Å². The lowest BCUT2D eigenvalue weighted by Gasteiger charge is -2.13. The number of thiophene rings is 1. The minimum atomic E-state index is -4.77. The zero-order chi connectivity index (χ0) is 15.7. The average Bonchev–Trinajstić information content (AvgIpc) is 2.91. The topological polar surface area (TPSA) is 43.4 Å². The number of hydrogen-bond donors (Lipinski definition) is 0. The third-order valence-corrected chi connectivity index (χ3v) is 6.37. The molecule has 114 valence electrons. The Morgan fingerprint density at radius 1 is 1.14 bits per heavy atom. The van der Waals surface area contributed by atoms with E-state index in [1.807, 2.05) is 0 Å². The lowest BCUT2D eigenvalue weighted by atomic mass is 10.2. The van der Waals surface area contributed by atoms with Gasteiger partial charge < -0.3 is 4.74 Å². The van der Waals surface area contributed by atoms with Gasteiger partial charge in [0.2, 0.25) is 0 Å². The molecule has 2 aromatic rings. The fraction of sp³-hybridized carbons (Fsp3) is 0.231. The number of sulfone groups is 1. The van der Waals surface area contributed by atoms with Crippen LogP contribution in [0.15, 0.2) is 46.0 Å². The van der Waals surface area contributed by atoms with Gasteiger partial charge >= 0.3 is 6.36 Å². The van der Waals surface area contributed by atoms with E-state index in [1.54, 1.807) is 11.4 Å². The Kier molecular flexibility index (Phi) is 4.29. The summed E-state index contributed by atoms with van der Waals surface area (Å²) in [6.07, 6.45) is -4.77. The summed E-state index contributed by atoms with van der Waals surface area (Å²) in [4.78, 5) is 0. The monoisotopic (exact) mass is 336 g/mol. The summed E-state index contributed by atoms with van der Waals surface area (Å²) in [6, 6.07) is 7.96. The van der Waals surface area contributed by atoms with E-state index in [2.05, 4.69) is 4.74 Å². The van der Waals surface area contributed by atoms with E-state index in [0.717, 1.165) is 23.5 Å². The molecule has 3 nitrogen and oxygen atoms in total. The van der Waals surface area contributed by atoms with Gasteiger partial charge in [-0.05, 0) is 36.1 Å². The van der Waals surface area contributed by atoms with Crippen molar-refractivity contribution >= 4 is 21.2 Å². The van der Waals surface area contributed by atoms with Gasteiger partial charge in [0.1, 0.15) is 9.96 Å². The first-order valence-corrected chi connectivity index (χ1v) is 8.26. The van der Waals surface area contributed by atoms with Crippen LogP contribution in [0.25, 0.3) is 0 Å². The minimum Gasteiger partial charge on any atom is -0.406 e. The molecule has 8 heteroatoms. The fourth-order valence-corrected chi connectivity index (χ4v) is 4.44. The second-order valence-corrected chi connectivity index (χ2v) is 7.68. The molecule has 0 bridgehead atoms. The molecular formula is C13H11F3O3S2. The third kappa shape index (κ3) is 3.76. The van der Waals surface area contributed by atoms with Gasteiger partial charge in [-0.3, -0.25) is 0 Å². The highest BCUT2D eigenvalue weighted by Gasteiger charge is 2.31. The quantitative estimate of drug-likeness (QED) is 0.841. The number of rotatable bonds is 4. The summed E-state index contributed by atoms with van der Waals surface area (Å²) < 4.78 is 64.8. The number of ether oxygens (including phenoxy) is 1. The standard InChI is InChI=1S/C13H11F3O3S2/c1-9(21(17,18)12-3-2-8-20-12)10-4-6-11(7-5-10)19-13(14,15)16/h2-9H,1H3/t9-/m0/s1. The van der Waals surface area contributed by atoms with E-state index in [-0.39, 0.29) is 9.96 Å². The van der Waals surface area contributed by atoms with E-state index in [9.17, 15) is 21.6 Å². The van der Waals surface area contributed by atoms with Crippen molar-refractivity contribution in [2.75, 3.05) is 0 Å². The van der Waals surface area contributed by atoms with Crippen molar-refractivity contribution in [1.82, 2.24) is 0 Å². The summed E-state index contributed by atoms with van der Waals surface area (Å²) >= 11 is 1.10. The van der Waals surface area contributed by atoms with E-state index >= 15 is 0 Å². The number of halogens is 3. The van der Waals surface area contributed by atoms with E-state index < -0.39 is 21.4 Å². The maximum absolute atomic E-state index is 12.3. The van der Waals surface area contributed by atoms with Crippen LogP contribution < -0.4 is 4.74 Å². The molecule has 0 amide bonds. The van der Waals surface area contributed by atoms with Gasteiger partial charge in [-0.2, -0.15) is 0 Å². The Labute approximate surface area is 123 Å². The molecule has 2 rings (SSSR count). The van der Waals surface area contributed by atoms with Gasteiger partial charge in [0.25, 0.3) is 0 Å². The van der Waals surface area contributed by atoms with Crippen LogP contribution in [-0.2, 0) is 9.84 Å². The second kappa shape index (κ2) is 5.69. The molecule has 1 aromatic heterocycles. The van der Waals surface area contributed by atoms with Crippen molar-refractivity contribution < 1.29 is 26.3 Å². The number of hydrogen-bond acceptors (Lipinski definition) is 4. The summed E-state index contributed by atoms with van der Waals surface area (Å²) in [7, 11) is -3.54. The first kappa shape index (κ1) is 15.8. The summed E-state index contributed by atoms with van der Waals surface area (Å²) in [5.74, 6) is -0.382. The molecule has 0 unspecified atom stereocenters. The Morgan fingerprint density at radius 2 is 1.76 bits per heavy atom. The van der Waals surface area contributed by atoms with Crippen LogP contribution in [0.3, 0.4) is 0 Å². The van der Waals surface area contributed by atoms with E-state index in [4.69, 9.17) is 0 Å². The van der Waals surface area contributed by atoms with E-state index in [1.165, 1.54) is 25.1 Å². The highest BCUT2D eigenvalue weighted by Crippen LogP contribution is 2.32.